The summed E-state index contributed by atoms with van der Waals surface area (Å²) in [5.74, 6) is 0. The van der Waals surface area contributed by atoms with Crippen LogP contribution in [-0.2, 0) is 0 Å². The Balaban J connectivity index is 1.80. The number of rotatable bonds is 3. The van der Waals surface area contributed by atoms with Crippen molar-refractivity contribution in [3.63, 3.8) is 0 Å². The van der Waals surface area contributed by atoms with E-state index in [-0.39, 0.29) is 0 Å². The predicted molar refractivity (Wildman–Crippen MR) is 108 cm³/mol. The maximum absolute atomic E-state index is 4.86. The van der Waals surface area contributed by atoms with Gasteiger partial charge in [0.15, 0.2) is 0 Å². The monoisotopic (exact) mass is 348 g/mol. The van der Waals surface area contributed by atoms with E-state index in [2.05, 4.69) is 10.2 Å². The topological polar surface area (TPSA) is 43.6 Å². The fraction of sp³-hybridized carbons (Fsp3) is 0. The van der Waals surface area contributed by atoms with Crippen LogP contribution in [0.5, 0.6) is 0 Å². The lowest BCUT2D eigenvalue weighted by atomic mass is 10.1. The molecule has 0 saturated carbocycles. The van der Waals surface area contributed by atoms with Crippen LogP contribution in [0.3, 0.4) is 0 Å². The van der Waals surface area contributed by atoms with Gasteiger partial charge in [-0.15, -0.1) is 10.2 Å². The Morgan fingerprint density at radius 3 is 1.70 bits per heavy atom. The predicted octanol–water partition coefficient (Wildman–Crippen LogP) is 5.15. The Bertz CT molecular complexity index is 1120. The van der Waals surface area contributed by atoms with Gasteiger partial charge in [-0.1, -0.05) is 78.9 Å². The smallest absolute Gasteiger partial charge is 0.123 e. The van der Waals surface area contributed by atoms with E-state index in [9.17, 15) is 0 Å². The number of hydrogen-bond acceptors (Lipinski definition) is 3. The van der Waals surface area contributed by atoms with Crippen LogP contribution in [0.1, 0.15) is 0 Å². The number of para-hydroxylation sites is 1. The minimum atomic E-state index is 0.792. The molecule has 2 heterocycles. The molecule has 0 amide bonds. The normalized spacial score (nSPS) is 11.0. The fourth-order valence-corrected chi connectivity index (χ4v) is 3.24. The SMILES string of the molecule is c1ccc(-c2nnc(-c3ccccc3)c3nn(-c4ccccc4)cc23)cc1. The second kappa shape index (κ2) is 6.50. The zero-order chi connectivity index (χ0) is 18.1. The van der Waals surface area contributed by atoms with E-state index in [4.69, 9.17) is 5.10 Å². The number of nitrogens with zero attached hydrogens (tertiary/aromatic N) is 4. The molecule has 0 unspecified atom stereocenters. The van der Waals surface area contributed by atoms with E-state index in [0.29, 0.717) is 0 Å². The minimum Gasteiger partial charge on any atom is -0.240 e. The van der Waals surface area contributed by atoms with Crippen molar-refractivity contribution in [1.29, 1.82) is 0 Å². The summed E-state index contributed by atoms with van der Waals surface area (Å²) in [4.78, 5) is 0. The molecule has 0 aliphatic carbocycles. The molecule has 0 aliphatic rings. The zero-order valence-electron chi connectivity index (χ0n) is 14.5. The molecular formula is C23H16N4. The highest BCUT2D eigenvalue weighted by molar-refractivity contribution is 5.99. The van der Waals surface area contributed by atoms with Gasteiger partial charge in [0.1, 0.15) is 16.9 Å². The molecule has 128 valence electrons. The molecule has 0 fully saturated rings. The highest BCUT2D eigenvalue weighted by Crippen LogP contribution is 2.32. The van der Waals surface area contributed by atoms with E-state index in [0.717, 1.165) is 39.1 Å². The van der Waals surface area contributed by atoms with Gasteiger partial charge in [0.05, 0.1) is 11.1 Å². The Morgan fingerprint density at radius 2 is 1.07 bits per heavy atom. The lowest BCUT2D eigenvalue weighted by molar-refractivity contribution is 0.895. The quantitative estimate of drug-likeness (QED) is 0.453. The first-order valence-corrected chi connectivity index (χ1v) is 8.82. The molecule has 27 heavy (non-hydrogen) atoms. The summed E-state index contributed by atoms with van der Waals surface area (Å²) in [5, 5.41) is 14.9. The number of benzene rings is 3. The highest BCUT2D eigenvalue weighted by Gasteiger charge is 2.16. The first-order chi connectivity index (χ1) is 13.4. The van der Waals surface area contributed by atoms with Crippen LogP contribution in [0.15, 0.2) is 97.2 Å². The zero-order valence-corrected chi connectivity index (χ0v) is 14.5. The average molecular weight is 348 g/mol. The molecule has 4 heteroatoms. The van der Waals surface area contributed by atoms with Crippen molar-refractivity contribution in [3.05, 3.63) is 97.2 Å². The molecule has 0 spiro atoms. The van der Waals surface area contributed by atoms with E-state index in [1.165, 1.54) is 0 Å². The lowest BCUT2D eigenvalue weighted by Gasteiger charge is -2.05. The molecule has 3 aromatic carbocycles. The largest absolute Gasteiger partial charge is 0.240 e. The maximum Gasteiger partial charge on any atom is 0.123 e. The minimum absolute atomic E-state index is 0.792. The highest BCUT2D eigenvalue weighted by atomic mass is 15.3. The van der Waals surface area contributed by atoms with Gasteiger partial charge in [-0.05, 0) is 12.1 Å². The van der Waals surface area contributed by atoms with Crippen molar-refractivity contribution in [3.8, 4) is 28.2 Å². The van der Waals surface area contributed by atoms with E-state index in [1.54, 1.807) is 0 Å². The van der Waals surface area contributed by atoms with Gasteiger partial charge in [-0.3, -0.25) is 0 Å². The Kier molecular flexibility index (Phi) is 3.72. The first-order valence-electron chi connectivity index (χ1n) is 8.82. The van der Waals surface area contributed by atoms with E-state index >= 15 is 0 Å². The third kappa shape index (κ3) is 2.77. The maximum atomic E-state index is 4.86. The van der Waals surface area contributed by atoms with E-state index in [1.807, 2.05) is 102 Å². The van der Waals surface area contributed by atoms with Crippen molar-refractivity contribution in [2.24, 2.45) is 0 Å². The van der Waals surface area contributed by atoms with Gasteiger partial charge in [-0.2, -0.15) is 5.10 Å². The third-order valence-corrected chi connectivity index (χ3v) is 4.56. The summed E-state index contributed by atoms with van der Waals surface area (Å²) in [6.45, 7) is 0. The van der Waals surface area contributed by atoms with Crippen molar-refractivity contribution in [2.75, 3.05) is 0 Å². The fourth-order valence-electron chi connectivity index (χ4n) is 3.24. The Hall–Kier alpha value is -3.79. The summed E-state index contributed by atoms with van der Waals surface area (Å²) in [7, 11) is 0. The van der Waals surface area contributed by atoms with Crippen LogP contribution in [0, 0.1) is 0 Å². The molecule has 0 atom stereocenters. The number of fused-ring (bicyclic) bond motifs is 1. The van der Waals surface area contributed by atoms with Crippen molar-refractivity contribution >= 4 is 10.9 Å². The molecule has 0 aliphatic heterocycles. The van der Waals surface area contributed by atoms with Crippen LogP contribution in [0.25, 0.3) is 39.1 Å². The van der Waals surface area contributed by atoms with Gasteiger partial charge < -0.3 is 0 Å². The standard InChI is InChI=1S/C23H16N4/c1-4-10-17(11-5-1)21-20-16-27(19-14-8-3-9-15-19)26-23(20)22(25-24-21)18-12-6-2-7-13-18/h1-16H. The second-order valence-corrected chi connectivity index (χ2v) is 6.30. The Labute approximate surface area is 156 Å². The number of aromatic nitrogens is 4. The van der Waals surface area contributed by atoms with Gasteiger partial charge in [0.2, 0.25) is 0 Å². The summed E-state index contributed by atoms with van der Waals surface area (Å²) < 4.78 is 1.90. The summed E-state index contributed by atoms with van der Waals surface area (Å²) in [6, 6.07) is 30.3. The molecular weight excluding hydrogens is 332 g/mol. The van der Waals surface area contributed by atoms with Gasteiger partial charge >= 0.3 is 0 Å². The van der Waals surface area contributed by atoms with Crippen LogP contribution in [0.4, 0.5) is 0 Å². The van der Waals surface area contributed by atoms with Crippen molar-refractivity contribution in [2.45, 2.75) is 0 Å². The van der Waals surface area contributed by atoms with Crippen LogP contribution in [0.2, 0.25) is 0 Å². The third-order valence-electron chi connectivity index (χ3n) is 4.56. The molecule has 4 nitrogen and oxygen atoms in total. The molecule has 0 saturated heterocycles. The van der Waals surface area contributed by atoms with Gasteiger partial charge in [-0.25, -0.2) is 4.68 Å². The average Bonchev–Trinajstić information content (AvgIpc) is 3.20. The molecule has 2 aromatic heterocycles. The lowest BCUT2D eigenvalue weighted by Crippen LogP contribution is -1.95. The molecule has 0 bridgehead atoms. The summed E-state index contributed by atoms with van der Waals surface area (Å²) in [5.41, 5.74) is 5.52. The Morgan fingerprint density at radius 1 is 0.556 bits per heavy atom. The summed E-state index contributed by atoms with van der Waals surface area (Å²) in [6.07, 6.45) is 2.04. The van der Waals surface area contributed by atoms with Crippen LogP contribution < -0.4 is 0 Å². The first kappa shape index (κ1) is 15.5. The molecule has 5 aromatic rings. The van der Waals surface area contributed by atoms with Gasteiger partial charge in [0, 0.05) is 17.3 Å². The molecule has 0 N–H and O–H groups in total. The van der Waals surface area contributed by atoms with Crippen molar-refractivity contribution in [1.82, 2.24) is 20.0 Å². The van der Waals surface area contributed by atoms with E-state index < -0.39 is 0 Å². The van der Waals surface area contributed by atoms with Crippen LogP contribution in [-0.4, -0.2) is 20.0 Å². The van der Waals surface area contributed by atoms with Gasteiger partial charge in [0.25, 0.3) is 0 Å². The second-order valence-electron chi connectivity index (χ2n) is 6.30. The van der Waals surface area contributed by atoms with Crippen LogP contribution >= 0.6 is 0 Å². The number of hydrogen-bond donors (Lipinski definition) is 0. The molecule has 5 rings (SSSR count). The van der Waals surface area contributed by atoms with Crippen molar-refractivity contribution < 1.29 is 0 Å². The summed E-state index contributed by atoms with van der Waals surface area (Å²) >= 11 is 0. The molecule has 0 radical (unpaired) electrons.